The number of nitrogens with one attached hydrogen (secondary N) is 2. The zero-order valence-electron chi connectivity index (χ0n) is 11.4. The number of hydrogen-bond donors (Lipinski definition) is 2. The first-order valence-corrected chi connectivity index (χ1v) is 6.41. The fourth-order valence-corrected chi connectivity index (χ4v) is 2.36. The van der Waals surface area contributed by atoms with Crippen LogP contribution in [-0.4, -0.2) is 17.7 Å². The van der Waals surface area contributed by atoms with Crippen molar-refractivity contribution in [1.29, 1.82) is 0 Å². The van der Waals surface area contributed by atoms with Gasteiger partial charge in [-0.1, -0.05) is 37.3 Å². The molecule has 104 valence electrons. The van der Waals surface area contributed by atoms with E-state index in [9.17, 15) is 14.4 Å². The lowest BCUT2D eigenvalue weighted by molar-refractivity contribution is -0.133. The molecule has 3 amide bonds. The first-order chi connectivity index (χ1) is 9.49. The van der Waals surface area contributed by atoms with E-state index in [-0.39, 0.29) is 17.5 Å². The first-order valence-electron chi connectivity index (χ1n) is 6.41. The van der Waals surface area contributed by atoms with Crippen LogP contribution in [0.5, 0.6) is 0 Å². The molecule has 0 radical (unpaired) electrons. The van der Waals surface area contributed by atoms with Crippen molar-refractivity contribution in [3.05, 3.63) is 47.7 Å². The normalized spacial score (nSPS) is 22.0. The molecule has 1 unspecified atom stereocenters. The molecule has 1 aromatic carbocycles. The van der Waals surface area contributed by atoms with Gasteiger partial charge in [0.1, 0.15) is 5.70 Å². The maximum absolute atomic E-state index is 12.3. The Bertz CT molecular complexity index is 592. The van der Waals surface area contributed by atoms with Crippen molar-refractivity contribution >= 4 is 17.7 Å². The monoisotopic (exact) mass is 272 g/mol. The second-order valence-corrected chi connectivity index (χ2v) is 4.71. The highest BCUT2D eigenvalue weighted by atomic mass is 16.2. The third-order valence-corrected chi connectivity index (χ3v) is 3.42. The van der Waals surface area contributed by atoms with Crippen LogP contribution in [0.2, 0.25) is 0 Å². The van der Waals surface area contributed by atoms with Crippen molar-refractivity contribution in [3.8, 4) is 0 Å². The molecule has 1 aliphatic rings. The highest BCUT2D eigenvalue weighted by molar-refractivity contribution is 6.12. The van der Waals surface area contributed by atoms with Gasteiger partial charge < -0.3 is 5.32 Å². The third kappa shape index (κ3) is 2.34. The molecule has 0 bridgehead atoms. The van der Waals surface area contributed by atoms with Crippen molar-refractivity contribution < 1.29 is 14.4 Å². The van der Waals surface area contributed by atoms with Crippen LogP contribution >= 0.6 is 0 Å². The summed E-state index contributed by atoms with van der Waals surface area (Å²) in [5, 5.41) is 4.78. The number of amides is 3. The van der Waals surface area contributed by atoms with Gasteiger partial charge in [-0.15, -0.1) is 0 Å². The fraction of sp³-hybridized carbons (Fsp3) is 0.267. The molecule has 0 aromatic heterocycles. The molecule has 2 N–H and O–H groups in total. The minimum atomic E-state index is -0.938. The molecular weight excluding hydrogens is 256 g/mol. The zero-order valence-corrected chi connectivity index (χ0v) is 11.4. The smallest absolute Gasteiger partial charge is 0.274 e. The van der Waals surface area contributed by atoms with Gasteiger partial charge in [0.15, 0.2) is 0 Å². The van der Waals surface area contributed by atoms with Crippen molar-refractivity contribution in [2.24, 2.45) is 0 Å². The van der Waals surface area contributed by atoms with Gasteiger partial charge in [0.25, 0.3) is 5.91 Å². The Morgan fingerprint density at radius 3 is 2.45 bits per heavy atom. The number of carbonyl (C=O) groups is 3. The van der Waals surface area contributed by atoms with Crippen LogP contribution in [0.25, 0.3) is 0 Å². The van der Waals surface area contributed by atoms with Crippen molar-refractivity contribution in [3.63, 3.8) is 0 Å². The van der Waals surface area contributed by atoms with E-state index >= 15 is 0 Å². The van der Waals surface area contributed by atoms with Crippen molar-refractivity contribution in [2.75, 3.05) is 0 Å². The number of imide groups is 1. The molecule has 2 rings (SSSR count). The maximum Gasteiger partial charge on any atom is 0.274 e. The summed E-state index contributed by atoms with van der Waals surface area (Å²) in [7, 11) is 0. The van der Waals surface area contributed by atoms with Crippen LogP contribution in [-0.2, 0) is 19.8 Å². The molecule has 1 heterocycles. The summed E-state index contributed by atoms with van der Waals surface area (Å²) in [5.74, 6) is -1.30. The van der Waals surface area contributed by atoms with E-state index in [2.05, 4.69) is 10.6 Å². The Hall–Kier alpha value is -2.43. The number of hydrogen-bond acceptors (Lipinski definition) is 3. The minimum Gasteiger partial charge on any atom is -0.322 e. The predicted octanol–water partition coefficient (Wildman–Crippen LogP) is 1.01. The molecule has 0 fully saturated rings. The van der Waals surface area contributed by atoms with Crippen LogP contribution in [0, 0.1) is 0 Å². The van der Waals surface area contributed by atoms with Gasteiger partial charge >= 0.3 is 0 Å². The molecule has 0 aliphatic carbocycles. The van der Waals surface area contributed by atoms with Crippen molar-refractivity contribution in [2.45, 2.75) is 25.7 Å². The Morgan fingerprint density at radius 2 is 1.90 bits per heavy atom. The molecule has 1 aliphatic heterocycles. The number of benzene rings is 1. The van der Waals surface area contributed by atoms with Crippen LogP contribution in [0.15, 0.2) is 42.1 Å². The van der Waals surface area contributed by atoms with Gasteiger partial charge in [0.05, 0.1) is 5.41 Å². The van der Waals surface area contributed by atoms with Gasteiger partial charge in [-0.3, -0.25) is 19.7 Å². The third-order valence-electron chi connectivity index (χ3n) is 3.42. The molecular formula is C15H16N2O3. The summed E-state index contributed by atoms with van der Waals surface area (Å²) in [6.45, 7) is 3.19. The molecule has 0 spiro atoms. The van der Waals surface area contributed by atoms with E-state index < -0.39 is 11.3 Å². The van der Waals surface area contributed by atoms with Gasteiger partial charge in [-0.25, -0.2) is 0 Å². The largest absolute Gasteiger partial charge is 0.322 e. The van der Waals surface area contributed by atoms with Crippen molar-refractivity contribution in [1.82, 2.24) is 10.6 Å². The van der Waals surface area contributed by atoms with Gasteiger partial charge in [0.2, 0.25) is 11.8 Å². The molecule has 0 saturated heterocycles. The lowest BCUT2D eigenvalue weighted by Crippen LogP contribution is -2.52. The van der Waals surface area contributed by atoms with Crippen LogP contribution in [0.4, 0.5) is 0 Å². The second-order valence-electron chi connectivity index (χ2n) is 4.71. The highest BCUT2D eigenvalue weighted by Crippen LogP contribution is 2.33. The number of rotatable bonds is 3. The van der Waals surface area contributed by atoms with E-state index in [1.165, 1.54) is 6.92 Å². The summed E-state index contributed by atoms with van der Waals surface area (Å²) >= 11 is 0. The zero-order chi connectivity index (χ0) is 14.8. The Kier molecular flexibility index (Phi) is 3.70. The van der Waals surface area contributed by atoms with E-state index in [0.717, 1.165) is 5.56 Å². The Balaban J connectivity index is 2.55. The predicted molar refractivity (Wildman–Crippen MR) is 73.5 cm³/mol. The summed E-state index contributed by atoms with van der Waals surface area (Å²) in [6.07, 6.45) is 2.03. The Labute approximate surface area is 117 Å². The van der Waals surface area contributed by atoms with E-state index in [1.807, 2.05) is 37.3 Å². The summed E-state index contributed by atoms with van der Waals surface area (Å²) in [4.78, 5) is 35.2. The SMILES string of the molecule is CCC1(c2ccccc2)C=C(NC(C)=O)C(=O)NC1=O. The molecule has 1 atom stereocenters. The fourth-order valence-electron chi connectivity index (χ4n) is 2.36. The molecule has 1 aromatic rings. The molecule has 0 saturated carbocycles. The first kappa shape index (κ1) is 14.0. The summed E-state index contributed by atoms with van der Waals surface area (Å²) < 4.78 is 0. The van der Waals surface area contributed by atoms with Gasteiger partial charge in [-0.05, 0) is 18.1 Å². The van der Waals surface area contributed by atoms with Gasteiger partial charge in [0, 0.05) is 6.92 Å². The minimum absolute atomic E-state index is 0.114. The molecule has 5 heteroatoms. The lowest BCUT2D eigenvalue weighted by atomic mass is 9.75. The highest BCUT2D eigenvalue weighted by Gasteiger charge is 2.42. The molecule has 20 heavy (non-hydrogen) atoms. The van der Waals surface area contributed by atoms with E-state index in [0.29, 0.717) is 6.42 Å². The second kappa shape index (κ2) is 5.28. The quantitative estimate of drug-likeness (QED) is 0.806. The average Bonchev–Trinajstić information content (AvgIpc) is 2.43. The van der Waals surface area contributed by atoms with Crippen LogP contribution < -0.4 is 10.6 Å². The average molecular weight is 272 g/mol. The summed E-state index contributed by atoms with van der Waals surface area (Å²) in [6, 6.07) is 9.20. The van der Waals surface area contributed by atoms with Crippen LogP contribution in [0.1, 0.15) is 25.8 Å². The lowest BCUT2D eigenvalue weighted by Gasteiger charge is -2.32. The van der Waals surface area contributed by atoms with Crippen LogP contribution in [0.3, 0.4) is 0 Å². The number of carbonyl (C=O) groups excluding carboxylic acids is 3. The summed E-state index contributed by atoms with van der Waals surface area (Å²) in [5.41, 5.74) is -0.0365. The van der Waals surface area contributed by atoms with Gasteiger partial charge in [-0.2, -0.15) is 0 Å². The Morgan fingerprint density at radius 1 is 1.25 bits per heavy atom. The topological polar surface area (TPSA) is 75.3 Å². The molecule has 5 nitrogen and oxygen atoms in total. The maximum atomic E-state index is 12.3. The van der Waals surface area contributed by atoms with E-state index in [4.69, 9.17) is 0 Å². The van der Waals surface area contributed by atoms with E-state index in [1.54, 1.807) is 6.08 Å². The standard InChI is InChI=1S/C15H16N2O3/c1-3-15(11-7-5-4-6-8-11)9-12(16-10(2)18)13(19)17-14(15)20/h4-9H,3H2,1-2H3,(H,16,18)(H,17,19,20).